The number of nitrogens with one attached hydrogen (secondary N) is 1. The normalized spacial score (nSPS) is 10.6. The van der Waals surface area contributed by atoms with E-state index in [4.69, 9.17) is 0 Å². The number of anilines is 1. The quantitative estimate of drug-likeness (QED) is 0.221. The van der Waals surface area contributed by atoms with Crippen molar-refractivity contribution in [3.05, 3.63) is 76.1 Å². The van der Waals surface area contributed by atoms with Crippen LogP contribution in [-0.2, 0) is 17.8 Å². The Balaban J connectivity index is 1.58. The van der Waals surface area contributed by atoms with Crippen molar-refractivity contribution < 1.29 is 14.5 Å². The average Bonchev–Trinajstić information content (AvgIpc) is 3.18. The third kappa shape index (κ3) is 5.98. The van der Waals surface area contributed by atoms with Crippen molar-refractivity contribution in [2.24, 2.45) is 0 Å². The first-order valence-corrected chi connectivity index (χ1v) is 10.6. The maximum Gasteiger partial charge on any atom is 0.270 e. The number of Topliss-reactive ketones (excluding diaryl/α,β-unsaturated/α-hetero) is 1. The highest BCUT2D eigenvalue weighted by Crippen LogP contribution is 2.21. The van der Waals surface area contributed by atoms with Crippen molar-refractivity contribution >= 4 is 34.8 Å². The number of rotatable bonds is 10. The van der Waals surface area contributed by atoms with Crippen LogP contribution < -0.4 is 5.32 Å². The first-order chi connectivity index (χ1) is 15.0. The Hall–Kier alpha value is -3.53. The van der Waals surface area contributed by atoms with Crippen molar-refractivity contribution in [3.63, 3.8) is 0 Å². The van der Waals surface area contributed by atoms with Gasteiger partial charge in [-0.05, 0) is 19.1 Å². The van der Waals surface area contributed by atoms with Gasteiger partial charge in [0, 0.05) is 42.8 Å². The molecule has 3 aromatic rings. The summed E-state index contributed by atoms with van der Waals surface area (Å²) in [5.74, 6) is 0.388. The fourth-order valence-electron chi connectivity index (χ4n) is 2.91. The first kappa shape index (κ1) is 22.2. The lowest BCUT2D eigenvalue weighted by molar-refractivity contribution is -0.384. The molecule has 0 aliphatic heterocycles. The van der Waals surface area contributed by atoms with Gasteiger partial charge in [-0.25, -0.2) is 0 Å². The van der Waals surface area contributed by atoms with E-state index in [-0.39, 0.29) is 35.1 Å². The largest absolute Gasteiger partial charge is 0.326 e. The molecule has 0 unspecified atom stereocenters. The van der Waals surface area contributed by atoms with Crippen LogP contribution in [0.25, 0.3) is 0 Å². The molecule has 3 rings (SSSR count). The Kier molecular flexibility index (Phi) is 7.50. The summed E-state index contributed by atoms with van der Waals surface area (Å²) >= 11 is 1.22. The highest BCUT2D eigenvalue weighted by Gasteiger charge is 2.16. The fourth-order valence-corrected chi connectivity index (χ4v) is 3.82. The third-order valence-electron chi connectivity index (χ3n) is 4.45. The molecule has 0 saturated heterocycles. The number of carbonyl (C=O) groups excluding carboxylic acids is 2. The van der Waals surface area contributed by atoms with Gasteiger partial charge in [0.2, 0.25) is 5.91 Å². The van der Waals surface area contributed by atoms with Crippen LogP contribution in [0.5, 0.6) is 0 Å². The minimum Gasteiger partial charge on any atom is -0.326 e. The molecule has 1 amide bonds. The lowest BCUT2D eigenvalue weighted by Crippen LogP contribution is -2.14. The van der Waals surface area contributed by atoms with Crippen LogP contribution >= 0.6 is 11.8 Å². The van der Waals surface area contributed by atoms with Crippen molar-refractivity contribution in [2.45, 2.75) is 31.5 Å². The Morgan fingerprint density at radius 1 is 1.13 bits per heavy atom. The minimum atomic E-state index is -0.530. The van der Waals surface area contributed by atoms with Gasteiger partial charge >= 0.3 is 0 Å². The van der Waals surface area contributed by atoms with Crippen LogP contribution in [0.4, 0.5) is 11.4 Å². The van der Waals surface area contributed by atoms with Gasteiger partial charge in [0.05, 0.1) is 10.7 Å². The molecule has 1 N–H and O–H groups in total. The summed E-state index contributed by atoms with van der Waals surface area (Å²) < 4.78 is 1.86. The summed E-state index contributed by atoms with van der Waals surface area (Å²) in [7, 11) is 0. The number of thioether (sulfide) groups is 1. The molecule has 0 spiro atoms. The number of hydrogen-bond acceptors (Lipinski definition) is 7. The number of carbonyl (C=O) groups is 2. The number of aromatic nitrogens is 3. The number of aryl methyl sites for hydroxylation is 1. The van der Waals surface area contributed by atoms with E-state index >= 15 is 0 Å². The van der Waals surface area contributed by atoms with Crippen molar-refractivity contribution in [3.8, 4) is 0 Å². The number of non-ortho nitro benzene ring substituents is 1. The zero-order chi connectivity index (χ0) is 22.2. The average molecular weight is 439 g/mol. The van der Waals surface area contributed by atoms with Crippen LogP contribution in [-0.4, -0.2) is 37.1 Å². The fraction of sp³-hybridized carbons (Fsp3) is 0.238. The lowest BCUT2D eigenvalue weighted by atomic mass is 10.1. The zero-order valence-electron chi connectivity index (χ0n) is 16.9. The first-order valence-electron chi connectivity index (χ1n) is 9.65. The molecule has 9 nitrogen and oxygen atoms in total. The smallest absolute Gasteiger partial charge is 0.270 e. The Labute approximate surface area is 183 Å². The van der Waals surface area contributed by atoms with Crippen LogP contribution in [0, 0.1) is 10.1 Å². The molecule has 0 atom stereocenters. The lowest BCUT2D eigenvalue weighted by Gasteiger charge is -2.08. The molecular weight excluding hydrogens is 418 g/mol. The number of ketones is 1. The monoisotopic (exact) mass is 439 g/mol. The molecule has 1 heterocycles. The number of hydrogen-bond donors (Lipinski definition) is 1. The molecular formula is C21H21N5O4S. The van der Waals surface area contributed by atoms with Crippen LogP contribution in [0.15, 0.2) is 59.8 Å². The predicted molar refractivity (Wildman–Crippen MR) is 117 cm³/mol. The SMILES string of the molecule is CCn1c(CCC(=O)Nc2ccccc2)nnc1SCC(=O)c1cccc([N+](=O)[O-])c1. The van der Waals surface area contributed by atoms with Gasteiger partial charge in [-0.2, -0.15) is 0 Å². The van der Waals surface area contributed by atoms with Gasteiger partial charge < -0.3 is 9.88 Å². The molecule has 0 aliphatic carbocycles. The number of nitro groups is 1. The van der Waals surface area contributed by atoms with Crippen LogP contribution in [0.3, 0.4) is 0 Å². The third-order valence-corrected chi connectivity index (χ3v) is 5.42. The van der Waals surface area contributed by atoms with Gasteiger partial charge in [-0.15, -0.1) is 10.2 Å². The second kappa shape index (κ2) is 10.5. The Bertz CT molecular complexity index is 1080. The maximum atomic E-state index is 12.4. The minimum absolute atomic E-state index is 0.0772. The molecule has 0 fully saturated rings. The van der Waals surface area contributed by atoms with E-state index in [9.17, 15) is 19.7 Å². The summed E-state index contributed by atoms with van der Waals surface area (Å²) in [5.41, 5.74) is 0.895. The van der Waals surface area contributed by atoms with Crippen LogP contribution in [0.2, 0.25) is 0 Å². The number of amides is 1. The van der Waals surface area contributed by atoms with E-state index in [1.807, 2.05) is 41.8 Å². The van der Waals surface area contributed by atoms with Gasteiger partial charge in [0.15, 0.2) is 10.9 Å². The number of para-hydroxylation sites is 1. The topological polar surface area (TPSA) is 120 Å². The zero-order valence-corrected chi connectivity index (χ0v) is 17.7. The summed E-state index contributed by atoms with van der Waals surface area (Å²) in [6.45, 7) is 2.53. The van der Waals surface area contributed by atoms with E-state index in [0.29, 0.717) is 23.9 Å². The van der Waals surface area contributed by atoms with E-state index in [1.54, 1.807) is 6.07 Å². The second-order valence-electron chi connectivity index (χ2n) is 6.58. The van der Waals surface area contributed by atoms with E-state index < -0.39 is 4.92 Å². The maximum absolute atomic E-state index is 12.4. The standard InChI is InChI=1S/C21H21N5O4S/c1-2-25-19(11-12-20(28)22-16-8-4-3-5-9-16)23-24-21(25)31-14-18(27)15-7-6-10-17(13-15)26(29)30/h3-10,13H,2,11-12,14H2,1H3,(H,22,28). The second-order valence-corrected chi connectivity index (χ2v) is 7.52. The van der Waals surface area contributed by atoms with Crippen molar-refractivity contribution in [1.29, 1.82) is 0 Å². The van der Waals surface area contributed by atoms with E-state index in [1.165, 1.54) is 30.0 Å². The van der Waals surface area contributed by atoms with Crippen molar-refractivity contribution in [2.75, 3.05) is 11.1 Å². The molecule has 160 valence electrons. The molecule has 2 aromatic carbocycles. The van der Waals surface area contributed by atoms with Gasteiger partial charge in [0.1, 0.15) is 5.82 Å². The Morgan fingerprint density at radius 3 is 2.61 bits per heavy atom. The van der Waals surface area contributed by atoms with E-state index in [2.05, 4.69) is 15.5 Å². The molecule has 0 aliphatic rings. The molecule has 0 saturated carbocycles. The summed E-state index contributed by atoms with van der Waals surface area (Å²) in [4.78, 5) is 35.0. The highest BCUT2D eigenvalue weighted by atomic mass is 32.2. The van der Waals surface area contributed by atoms with Gasteiger partial charge in [-0.1, -0.05) is 42.1 Å². The summed E-state index contributed by atoms with van der Waals surface area (Å²) in [6, 6.07) is 14.9. The molecule has 31 heavy (non-hydrogen) atoms. The molecule has 10 heteroatoms. The van der Waals surface area contributed by atoms with Crippen LogP contribution in [0.1, 0.15) is 29.5 Å². The molecule has 0 radical (unpaired) electrons. The molecule has 1 aromatic heterocycles. The number of nitrogens with zero attached hydrogens (tertiary/aromatic N) is 4. The number of nitro benzene ring substituents is 1. The van der Waals surface area contributed by atoms with Gasteiger partial charge in [0.25, 0.3) is 5.69 Å². The van der Waals surface area contributed by atoms with E-state index in [0.717, 1.165) is 5.69 Å². The Morgan fingerprint density at radius 2 is 1.90 bits per heavy atom. The van der Waals surface area contributed by atoms with Crippen molar-refractivity contribution in [1.82, 2.24) is 14.8 Å². The summed E-state index contributed by atoms with van der Waals surface area (Å²) in [6.07, 6.45) is 0.670. The van der Waals surface area contributed by atoms with Gasteiger partial charge in [-0.3, -0.25) is 19.7 Å². The highest BCUT2D eigenvalue weighted by molar-refractivity contribution is 7.99. The molecule has 0 bridgehead atoms. The summed E-state index contributed by atoms with van der Waals surface area (Å²) in [5, 5.41) is 22.6. The number of benzene rings is 2. The predicted octanol–water partition coefficient (Wildman–Crippen LogP) is 3.75.